The van der Waals surface area contributed by atoms with Gasteiger partial charge >= 0.3 is 5.97 Å². The molecule has 3 aromatic rings. The zero-order chi connectivity index (χ0) is 18.0. The zero-order valence-electron chi connectivity index (χ0n) is 14.2. The van der Waals surface area contributed by atoms with Gasteiger partial charge in [-0.05, 0) is 49.6 Å². The van der Waals surface area contributed by atoms with Crippen molar-refractivity contribution in [1.29, 1.82) is 0 Å². The summed E-state index contributed by atoms with van der Waals surface area (Å²) in [6.07, 6.45) is 0.778. The van der Waals surface area contributed by atoms with Crippen LogP contribution < -0.4 is 0 Å². The van der Waals surface area contributed by atoms with Crippen LogP contribution in [0.1, 0.15) is 27.2 Å². The smallest absolute Gasteiger partial charge is 0.356 e. The summed E-state index contributed by atoms with van der Waals surface area (Å²) in [5.74, 6) is -1.03. The van der Waals surface area contributed by atoms with Crippen LogP contribution in [0.25, 0.3) is 11.3 Å². The van der Waals surface area contributed by atoms with Crippen LogP contribution >= 0.6 is 11.6 Å². The van der Waals surface area contributed by atoms with Gasteiger partial charge in [0.25, 0.3) is 0 Å². The van der Waals surface area contributed by atoms with E-state index in [0.29, 0.717) is 11.6 Å². The molecule has 0 bridgehead atoms. The van der Waals surface area contributed by atoms with Crippen LogP contribution in [0.2, 0.25) is 5.02 Å². The van der Waals surface area contributed by atoms with Gasteiger partial charge in [-0.15, -0.1) is 0 Å². The molecule has 0 spiro atoms. The Bertz CT molecular complexity index is 914. The number of aromatic nitrogens is 2. The van der Waals surface area contributed by atoms with Gasteiger partial charge in [0.05, 0.1) is 5.69 Å². The third-order valence-corrected chi connectivity index (χ3v) is 4.61. The van der Waals surface area contributed by atoms with Crippen LogP contribution in [0.5, 0.6) is 0 Å². The van der Waals surface area contributed by atoms with Gasteiger partial charge in [0, 0.05) is 17.1 Å². The lowest BCUT2D eigenvalue weighted by atomic mass is 10.1. The Morgan fingerprint density at radius 2 is 1.84 bits per heavy atom. The molecule has 1 aromatic heterocycles. The predicted molar refractivity (Wildman–Crippen MR) is 99.3 cm³/mol. The Hall–Kier alpha value is -2.59. The number of benzene rings is 2. The van der Waals surface area contributed by atoms with E-state index in [1.807, 2.05) is 25.1 Å². The summed E-state index contributed by atoms with van der Waals surface area (Å²) in [4.78, 5) is 11.3. The van der Waals surface area contributed by atoms with E-state index >= 15 is 0 Å². The number of hydrogen-bond donors (Lipinski definition) is 1. The molecule has 2 aromatic carbocycles. The number of halogens is 1. The van der Waals surface area contributed by atoms with Gasteiger partial charge in [0.1, 0.15) is 0 Å². The summed E-state index contributed by atoms with van der Waals surface area (Å²) in [7, 11) is 0. The van der Waals surface area contributed by atoms with Gasteiger partial charge in [-0.2, -0.15) is 5.10 Å². The Labute approximate surface area is 151 Å². The van der Waals surface area contributed by atoms with E-state index in [1.165, 1.54) is 11.1 Å². The largest absolute Gasteiger partial charge is 0.476 e. The monoisotopic (exact) mass is 354 g/mol. The maximum absolute atomic E-state index is 11.3. The molecule has 0 aliphatic rings. The molecule has 5 heteroatoms. The number of carbonyl (C=O) groups is 1. The van der Waals surface area contributed by atoms with Gasteiger partial charge in [0.2, 0.25) is 0 Å². The first-order valence-electron chi connectivity index (χ1n) is 8.07. The summed E-state index contributed by atoms with van der Waals surface area (Å²) in [5.41, 5.74) is 5.09. The number of rotatable bonds is 5. The molecule has 0 fully saturated rings. The maximum atomic E-state index is 11.3. The van der Waals surface area contributed by atoms with E-state index in [-0.39, 0.29) is 5.69 Å². The van der Waals surface area contributed by atoms with Crippen molar-refractivity contribution < 1.29 is 9.90 Å². The van der Waals surface area contributed by atoms with Crippen LogP contribution in [0.3, 0.4) is 0 Å². The van der Waals surface area contributed by atoms with Crippen LogP contribution in [0, 0.1) is 13.8 Å². The second-order valence-electron chi connectivity index (χ2n) is 6.14. The fourth-order valence-electron chi connectivity index (χ4n) is 2.72. The number of aryl methyl sites for hydroxylation is 4. The highest BCUT2D eigenvalue weighted by Gasteiger charge is 2.15. The molecule has 1 N–H and O–H groups in total. The van der Waals surface area contributed by atoms with E-state index < -0.39 is 5.97 Å². The van der Waals surface area contributed by atoms with Crippen molar-refractivity contribution in [2.45, 2.75) is 26.8 Å². The molecule has 3 rings (SSSR count). The van der Waals surface area contributed by atoms with E-state index in [2.05, 4.69) is 36.3 Å². The van der Waals surface area contributed by atoms with Gasteiger partial charge in [0.15, 0.2) is 5.69 Å². The number of hydrogen-bond acceptors (Lipinski definition) is 2. The predicted octanol–water partition coefficient (Wildman–Crippen LogP) is 4.76. The van der Waals surface area contributed by atoms with Crippen molar-refractivity contribution in [2.24, 2.45) is 0 Å². The molecule has 4 nitrogen and oxygen atoms in total. The second kappa shape index (κ2) is 7.11. The quantitative estimate of drug-likeness (QED) is 0.718. The highest BCUT2D eigenvalue weighted by atomic mass is 35.5. The molecule has 0 saturated heterocycles. The molecule has 25 heavy (non-hydrogen) atoms. The van der Waals surface area contributed by atoms with Crippen molar-refractivity contribution in [3.8, 4) is 11.3 Å². The van der Waals surface area contributed by atoms with Gasteiger partial charge in [-0.1, -0.05) is 47.5 Å². The molecule has 0 atom stereocenters. The number of carboxylic acid groups (broad SMARTS) is 1. The summed E-state index contributed by atoms with van der Waals surface area (Å²) < 4.78 is 1.76. The number of nitrogens with zero attached hydrogens (tertiary/aromatic N) is 2. The van der Waals surface area contributed by atoms with Crippen molar-refractivity contribution in [3.05, 3.63) is 75.9 Å². The third kappa shape index (κ3) is 3.91. The molecule has 0 aliphatic carbocycles. The first-order valence-corrected chi connectivity index (χ1v) is 8.45. The summed E-state index contributed by atoms with van der Waals surface area (Å²) in [6.45, 7) is 4.59. The minimum atomic E-state index is -1.03. The minimum Gasteiger partial charge on any atom is -0.476 e. The second-order valence-corrected chi connectivity index (χ2v) is 6.55. The highest BCUT2D eigenvalue weighted by Crippen LogP contribution is 2.26. The fraction of sp³-hybridized carbons (Fsp3) is 0.200. The molecule has 0 radical (unpaired) electrons. The molecule has 0 amide bonds. The molecule has 1 heterocycles. The first-order chi connectivity index (χ1) is 11.9. The molecule has 128 valence electrons. The maximum Gasteiger partial charge on any atom is 0.356 e. The van der Waals surface area contributed by atoms with Gasteiger partial charge in [-0.3, -0.25) is 4.68 Å². The zero-order valence-corrected chi connectivity index (χ0v) is 14.9. The lowest BCUT2D eigenvalue weighted by molar-refractivity contribution is 0.0689. The Balaban J connectivity index is 1.92. The lowest BCUT2D eigenvalue weighted by Gasteiger charge is -2.09. The average Bonchev–Trinajstić information content (AvgIpc) is 3.01. The molecule has 0 unspecified atom stereocenters. The Morgan fingerprint density at radius 3 is 2.48 bits per heavy atom. The van der Waals surface area contributed by atoms with E-state index in [4.69, 9.17) is 11.6 Å². The van der Waals surface area contributed by atoms with E-state index in [0.717, 1.165) is 23.2 Å². The Morgan fingerprint density at radius 1 is 1.12 bits per heavy atom. The van der Waals surface area contributed by atoms with Crippen molar-refractivity contribution >= 4 is 17.6 Å². The molecular weight excluding hydrogens is 336 g/mol. The number of carboxylic acids is 1. The molecule has 0 saturated carbocycles. The SMILES string of the molecule is Cc1ccc(CCn2nc(C(=O)O)cc2-c2ccc(Cl)c(C)c2)cc1. The molecular formula is C20H19ClN2O2. The van der Waals surface area contributed by atoms with Gasteiger partial charge in [-0.25, -0.2) is 4.79 Å². The van der Waals surface area contributed by atoms with E-state index in [9.17, 15) is 9.90 Å². The Kier molecular flexibility index (Phi) is 4.91. The number of aromatic carboxylic acids is 1. The summed E-state index contributed by atoms with van der Waals surface area (Å²) in [6, 6.07) is 15.6. The summed E-state index contributed by atoms with van der Waals surface area (Å²) in [5, 5.41) is 14.2. The van der Waals surface area contributed by atoms with Crippen LogP contribution in [0.4, 0.5) is 0 Å². The first kappa shape index (κ1) is 17.2. The molecule has 0 aliphatic heterocycles. The van der Waals surface area contributed by atoms with Crippen LogP contribution in [0.15, 0.2) is 48.5 Å². The van der Waals surface area contributed by atoms with Gasteiger partial charge < -0.3 is 5.11 Å². The normalized spacial score (nSPS) is 10.8. The topological polar surface area (TPSA) is 55.1 Å². The lowest BCUT2D eigenvalue weighted by Crippen LogP contribution is -2.07. The van der Waals surface area contributed by atoms with Crippen LogP contribution in [-0.4, -0.2) is 20.9 Å². The van der Waals surface area contributed by atoms with Crippen molar-refractivity contribution in [2.75, 3.05) is 0 Å². The minimum absolute atomic E-state index is 0.0477. The van der Waals surface area contributed by atoms with Crippen molar-refractivity contribution in [1.82, 2.24) is 9.78 Å². The summed E-state index contributed by atoms with van der Waals surface area (Å²) >= 11 is 6.10. The van der Waals surface area contributed by atoms with Crippen LogP contribution in [-0.2, 0) is 13.0 Å². The third-order valence-electron chi connectivity index (χ3n) is 4.19. The van der Waals surface area contributed by atoms with Crippen molar-refractivity contribution in [3.63, 3.8) is 0 Å². The highest BCUT2D eigenvalue weighted by molar-refractivity contribution is 6.31. The standard InChI is InChI=1S/C20H19ClN2O2/c1-13-3-5-15(6-4-13)9-10-23-19(12-18(22-23)20(24)25)16-7-8-17(21)14(2)11-16/h3-8,11-12H,9-10H2,1-2H3,(H,24,25). The fourth-order valence-corrected chi connectivity index (χ4v) is 2.84. The van der Waals surface area contributed by atoms with E-state index in [1.54, 1.807) is 10.7 Å². The average molecular weight is 355 g/mol.